The van der Waals surface area contributed by atoms with E-state index in [-0.39, 0.29) is 17.2 Å². The van der Waals surface area contributed by atoms with E-state index in [1.54, 1.807) is 12.1 Å². The average molecular weight is 306 g/mol. The van der Waals surface area contributed by atoms with Gasteiger partial charge in [-0.05, 0) is 48.9 Å². The van der Waals surface area contributed by atoms with Crippen LogP contribution in [0.5, 0.6) is 0 Å². The van der Waals surface area contributed by atoms with Gasteiger partial charge in [-0.2, -0.15) is 0 Å². The maximum atomic E-state index is 12.4. The van der Waals surface area contributed by atoms with Crippen molar-refractivity contribution >= 4 is 11.9 Å². The van der Waals surface area contributed by atoms with Crippen LogP contribution in [0.25, 0.3) is 0 Å². The molecule has 0 aromatic heterocycles. The Bertz CT molecular complexity index is 534. The highest BCUT2D eigenvalue weighted by Crippen LogP contribution is 2.21. The van der Waals surface area contributed by atoms with E-state index in [1.807, 2.05) is 27.7 Å². The van der Waals surface area contributed by atoms with Crippen LogP contribution >= 0.6 is 0 Å². The minimum absolute atomic E-state index is 0.0328. The SMILES string of the molecule is CCCC(CC)OC(=O)c1cc(CC)c(CC)cc1C(=O)O. The van der Waals surface area contributed by atoms with Crippen molar-refractivity contribution in [1.29, 1.82) is 0 Å². The molecule has 1 aromatic carbocycles. The first-order valence-corrected chi connectivity index (χ1v) is 8.08. The van der Waals surface area contributed by atoms with Crippen molar-refractivity contribution < 1.29 is 19.4 Å². The summed E-state index contributed by atoms with van der Waals surface area (Å²) in [6, 6.07) is 3.29. The van der Waals surface area contributed by atoms with E-state index >= 15 is 0 Å². The molecule has 0 radical (unpaired) electrons. The molecule has 0 aliphatic rings. The molecule has 0 aliphatic heterocycles. The molecule has 1 atom stereocenters. The van der Waals surface area contributed by atoms with Gasteiger partial charge in [-0.15, -0.1) is 0 Å². The highest BCUT2D eigenvalue weighted by atomic mass is 16.5. The van der Waals surface area contributed by atoms with Crippen LogP contribution in [-0.2, 0) is 17.6 Å². The lowest BCUT2D eigenvalue weighted by Crippen LogP contribution is -2.20. The highest BCUT2D eigenvalue weighted by molar-refractivity contribution is 6.02. The number of carbonyl (C=O) groups is 2. The minimum atomic E-state index is -1.09. The maximum absolute atomic E-state index is 12.4. The Labute approximate surface area is 132 Å². The van der Waals surface area contributed by atoms with Crippen LogP contribution in [0, 0.1) is 0 Å². The van der Waals surface area contributed by atoms with Gasteiger partial charge in [0.25, 0.3) is 0 Å². The number of aryl methyl sites for hydroxylation is 2. The van der Waals surface area contributed by atoms with Gasteiger partial charge in [-0.1, -0.05) is 34.1 Å². The zero-order valence-corrected chi connectivity index (χ0v) is 13.9. The molecule has 1 aromatic rings. The molecule has 0 spiro atoms. The van der Waals surface area contributed by atoms with Crippen LogP contribution in [0.3, 0.4) is 0 Å². The first-order valence-electron chi connectivity index (χ1n) is 8.08. The Morgan fingerprint density at radius 2 is 1.59 bits per heavy atom. The molecule has 1 unspecified atom stereocenters. The second kappa shape index (κ2) is 8.57. The first kappa shape index (κ1) is 18.2. The quantitative estimate of drug-likeness (QED) is 0.729. The van der Waals surface area contributed by atoms with Gasteiger partial charge in [0.1, 0.15) is 6.10 Å². The molecule has 0 saturated carbocycles. The smallest absolute Gasteiger partial charge is 0.339 e. The number of carboxylic acid groups (broad SMARTS) is 1. The van der Waals surface area contributed by atoms with E-state index in [2.05, 4.69) is 0 Å². The van der Waals surface area contributed by atoms with E-state index in [1.165, 1.54) is 0 Å². The summed E-state index contributed by atoms with van der Waals surface area (Å²) in [4.78, 5) is 23.9. The maximum Gasteiger partial charge on any atom is 0.339 e. The standard InChI is InChI=1S/C18H26O4/c1-5-9-14(8-4)22-18(21)16-11-13(7-3)12(6-2)10-15(16)17(19)20/h10-11,14H,5-9H2,1-4H3,(H,19,20). The summed E-state index contributed by atoms with van der Waals surface area (Å²) in [6.45, 7) is 7.97. The molecule has 22 heavy (non-hydrogen) atoms. The van der Waals surface area contributed by atoms with Crippen molar-refractivity contribution in [3.63, 3.8) is 0 Å². The summed E-state index contributed by atoms with van der Waals surface area (Å²) in [5.74, 6) is -1.62. The molecule has 1 rings (SSSR count). The summed E-state index contributed by atoms with van der Waals surface area (Å²) in [5, 5.41) is 9.39. The molecule has 0 aliphatic carbocycles. The lowest BCUT2D eigenvalue weighted by molar-refractivity contribution is 0.0266. The normalized spacial score (nSPS) is 12.0. The fourth-order valence-electron chi connectivity index (χ4n) is 2.58. The van der Waals surface area contributed by atoms with Crippen LogP contribution < -0.4 is 0 Å². The van der Waals surface area contributed by atoms with Gasteiger partial charge in [0, 0.05) is 0 Å². The van der Waals surface area contributed by atoms with Gasteiger partial charge in [-0.25, -0.2) is 9.59 Å². The molecular formula is C18H26O4. The van der Waals surface area contributed by atoms with Crippen molar-refractivity contribution in [2.24, 2.45) is 0 Å². The van der Waals surface area contributed by atoms with Gasteiger partial charge >= 0.3 is 11.9 Å². The lowest BCUT2D eigenvalue weighted by atomic mass is 9.95. The van der Waals surface area contributed by atoms with Gasteiger partial charge in [0.05, 0.1) is 11.1 Å². The molecule has 1 N–H and O–H groups in total. The molecule has 122 valence electrons. The number of carboxylic acids is 1. The fraction of sp³-hybridized carbons (Fsp3) is 0.556. The number of rotatable bonds is 8. The van der Waals surface area contributed by atoms with Crippen LogP contribution in [0.4, 0.5) is 0 Å². The van der Waals surface area contributed by atoms with Crippen LogP contribution in [0.1, 0.15) is 78.8 Å². The number of carbonyl (C=O) groups excluding carboxylic acids is 1. The van der Waals surface area contributed by atoms with Gasteiger partial charge in [0.2, 0.25) is 0 Å². The molecule has 4 heteroatoms. The highest BCUT2D eigenvalue weighted by Gasteiger charge is 2.22. The Morgan fingerprint density at radius 3 is 2.00 bits per heavy atom. The molecule has 0 bridgehead atoms. The fourth-order valence-corrected chi connectivity index (χ4v) is 2.58. The number of aromatic carboxylic acids is 1. The van der Waals surface area contributed by atoms with Crippen LogP contribution in [-0.4, -0.2) is 23.1 Å². The zero-order valence-electron chi connectivity index (χ0n) is 13.9. The molecule has 0 heterocycles. The summed E-state index contributed by atoms with van der Waals surface area (Å²) in [7, 11) is 0. The predicted octanol–water partition coefficient (Wildman–Crippen LogP) is 4.25. The van der Waals surface area contributed by atoms with Crippen LogP contribution in [0.15, 0.2) is 12.1 Å². The van der Waals surface area contributed by atoms with Crippen molar-refractivity contribution in [3.8, 4) is 0 Å². The van der Waals surface area contributed by atoms with Crippen molar-refractivity contribution in [2.75, 3.05) is 0 Å². The molecule has 0 fully saturated rings. The average Bonchev–Trinajstić information content (AvgIpc) is 2.52. The van der Waals surface area contributed by atoms with E-state index in [0.29, 0.717) is 0 Å². The number of esters is 1. The third kappa shape index (κ3) is 4.33. The van der Waals surface area contributed by atoms with E-state index < -0.39 is 11.9 Å². The van der Waals surface area contributed by atoms with Crippen molar-refractivity contribution in [2.45, 2.75) is 65.9 Å². The third-order valence-corrected chi connectivity index (χ3v) is 3.89. The van der Waals surface area contributed by atoms with Crippen LogP contribution in [0.2, 0.25) is 0 Å². The van der Waals surface area contributed by atoms with Gasteiger partial charge in [0.15, 0.2) is 0 Å². The number of hydrogen-bond acceptors (Lipinski definition) is 3. The second-order valence-electron chi connectivity index (χ2n) is 5.40. The van der Waals surface area contributed by atoms with Crippen molar-refractivity contribution in [3.05, 3.63) is 34.4 Å². The molecule has 0 saturated heterocycles. The number of ether oxygens (including phenoxy) is 1. The third-order valence-electron chi connectivity index (χ3n) is 3.89. The monoisotopic (exact) mass is 306 g/mol. The predicted molar refractivity (Wildman–Crippen MR) is 86.6 cm³/mol. The Morgan fingerprint density at radius 1 is 1.05 bits per heavy atom. The summed E-state index contributed by atoms with van der Waals surface area (Å²) >= 11 is 0. The number of hydrogen-bond donors (Lipinski definition) is 1. The number of benzene rings is 1. The van der Waals surface area contributed by atoms with E-state index in [0.717, 1.165) is 43.2 Å². The molecule has 4 nitrogen and oxygen atoms in total. The van der Waals surface area contributed by atoms with Gasteiger partial charge < -0.3 is 9.84 Å². The largest absolute Gasteiger partial charge is 0.478 e. The first-order chi connectivity index (χ1) is 10.5. The summed E-state index contributed by atoms with van der Waals surface area (Å²) in [6.07, 6.45) is 3.79. The second-order valence-corrected chi connectivity index (χ2v) is 5.40. The van der Waals surface area contributed by atoms with E-state index in [9.17, 15) is 14.7 Å². The zero-order chi connectivity index (χ0) is 16.7. The van der Waals surface area contributed by atoms with Gasteiger partial charge in [-0.3, -0.25) is 0 Å². The lowest BCUT2D eigenvalue weighted by Gasteiger charge is -2.17. The summed E-state index contributed by atoms with van der Waals surface area (Å²) in [5.41, 5.74) is 2.17. The molecular weight excluding hydrogens is 280 g/mol. The van der Waals surface area contributed by atoms with E-state index in [4.69, 9.17) is 4.74 Å². The Balaban J connectivity index is 3.20. The Kier molecular flexibility index (Phi) is 7.09. The summed E-state index contributed by atoms with van der Waals surface area (Å²) < 4.78 is 5.49. The Hall–Kier alpha value is -1.84. The minimum Gasteiger partial charge on any atom is -0.478 e. The van der Waals surface area contributed by atoms with Crippen molar-refractivity contribution in [1.82, 2.24) is 0 Å². The molecule has 0 amide bonds. The topological polar surface area (TPSA) is 63.6 Å².